The van der Waals surface area contributed by atoms with Crippen molar-refractivity contribution in [1.29, 1.82) is 0 Å². The molecule has 0 aromatic carbocycles. The molecule has 2 heterocycles. The predicted molar refractivity (Wildman–Crippen MR) is 87.7 cm³/mol. The van der Waals surface area contributed by atoms with Crippen LogP contribution in [0.1, 0.15) is 25.2 Å². The van der Waals surface area contributed by atoms with Gasteiger partial charge in [0.15, 0.2) is 0 Å². The lowest BCUT2D eigenvalue weighted by atomic mass is 9.99. The Morgan fingerprint density at radius 3 is 2.76 bits per heavy atom. The molecule has 5 nitrogen and oxygen atoms in total. The standard InChI is InChI=1S/C16H31N5/c1-6-17-15(16-12-19(4)8-9-20(16)5)11-14-10-13(3)18-21(14)7-2/h10,15-17H,6-9,11-12H2,1-5H3. The Morgan fingerprint density at radius 2 is 2.10 bits per heavy atom. The molecule has 0 saturated carbocycles. The molecule has 5 heteroatoms. The van der Waals surface area contributed by atoms with Gasteiger partial charge in [0, 0.05) is 50.4 Å². The summed E-state index contributed by atoms with van der Waals surface area (Å²) in [7, 11) is 4.48. The number of rotatable bonds is 6. The Kier molecular flexibility index (Phi) is 5.79. The van der Waals surface area contributed by atoms with Gasteiger partial charge in [-0.3, -0.25) is 9.58 Å². The summed E-state index contributed by atoms with van der Waals surface area (Å²) in [5.74, 6) is 0. The molecule has 0 radical (unpaired) electrons. The first kappa shape index (κ1) is 16.5. The van der Waals surface area contributed by atoms with E-state index in [0.717, 1.165) is 44.8 Å². The fourth-order valence-electron chi connectivity index (χ4n) is 3.35. The molecule has 1 N–H and O–H groups in total. The van der Waals surface area contributed by atoms with E-state index in [1.54, 1.807) is 0 Å². The average molecular weight is 293 g/mol. The highest BCUT2D eigenvalue weighted by molar-refractivity contribution is 5.11. The number of aryl methyl sites for hydroxylation is 2. The van der Waals surface area contributed by atoms with Crippen molar-refractivity contribution in [2.24, 2.45) is 0 Å². The van der Waals surface area contributed by atoms with Gasteiger partial charge in [0.1, 0.15) is 0 Å². The zero-order chi connectivity index (χ0) is 15.4. The maximum Gasteiger partial charge on any atom is 0.0596 e. The van der Waals surface area contributed by atoms with Crippen LogP contribution in [-0.2, 0) is 13.0 Å². The highest BCUT2D eigenvalue weighted by atomic mass is 15.3. The maximum absolute atomic E-state index is 4.59. The van der Waals surface area contributed by atoms with E-state index in [1.165, 1.54) is 5.69 Å². The summed E-state index contributed by atoms with van der Waals surface area (Å²) in [6.45, 7) is 11.8. The van der Waals surface area contributed by atoms with Crippen molar-refractivity contribution >= 4 is 0 Å². The molecule has 0 amide bonds. The third kappa shape index (κ3) is 4.05. The van der Waals surface area contributed by atoms with E-state index < -0.39 is 0 Å². The molecule has 1 saturated heterocycles. The van der Waals surface area contributed by atoms with Crippen molar-refractivity contribution in [2.75, 3.05) is 40.3 Å². The van der Waals surface area contributed by atoms with Gasteiger partial charge in [-0.05, 0) is 40.6 Å². The topological polar surface area (TPSA) is 36.3 Å². The van der Waals surface area contributed by atoms with Crippen molar-refractivity contribution in [1.82, 2.24) is 24.9 Å². The van der Waals surface area contributed by atoms with Crippen LogP contribution in [0.5, 0.6) is 0 Å². The summed E-state index contributed by atoms with van der Waals surface area (Å²) in [4.78, 5) is 4.95. The Hall–Kier alpha value is -0.910. The molecular formula is C16H31N5. The van der Waals surface area contributed by atoms with E-state index in [2.05, 4.69) is 65.8 Å². The molecule has 2 unspecified atom stereocenters. The lowest BCUT2D eigenvalue weighted by Gasteiger charge is -2.42. The first-order chi connectivity index (χ1) is 10.0. The highest BCUT2D eigenvalue weighted by Gasteiger charge is 2.30. The molecule has 1 aliphatic heterocycles. The minimum absolute atomic E-state index is 0.476. The number of piperazine rings is 1. The first-order valence-corrected chi connectivity index (χ1v) is 8.20. The molecule has 0 bridgehead atoms. The summed E-state index contributed by atoms with van der Waals surface area (Å²) >= 11 is 0. The van der Waals surface area contributed by atoms with Crippen molar-refractivity contribution in [3.05, 3.63) is 17.5 Å². The van der Waals surface area contributed by atoms with Gasteiger partial charge < -0.3 is 10.2 Å². The third-order valence-corrected chi connectivity index (χ3v) is 4.54. The fraction of sp³-hybridized carbons (Fsp3) is 0.812. The largest absolute Gasteiger partial charge is 0.312 e. The Bertz CT molecular complexity index is 442. The smallest absolute Gasteiger partial charge is 0.0596 e. The fourth-order valence-corrected chi connectivity index (χ4v) is 3.35. The molecule has 120 valence electrons. The van der Waals surface area contributed by atoms with Gasteiger partial charge in [-0.25, -0.2) is 0 Å². The summed E-state index contributed by atoms with van der Waals surface area (Å²) in [6.07, 6.45) is 1.05. The van der Waals surface area contributed by atoms with Crippen LogP contribution in [0, 0.1) is 6.92 Å². The predicted octanol–water partition coefficient (Wildman–Crippen LogP) is 0.978. The summed E-state index contributed by atoms with van der Waals surface area (Å²) in [6, 6.07) is 3.27. The second-order valence-corrected chi connectivity index (χ2v) is 6.27. The lowest BCUT2D eigenvalue weighted by Crippen LogP contribution is -2.59. The number of likely N-dealkylation sites (N-methyl/N-ethyl adjacent to an activating group) is 3. The number of hydrogen-bond donors (Lipinski definition) is 1. The average Bonchev–Trinajstić information content (AvgIpc) is 2.81. The molecule has 0 aliphatic carbocycles. The Labute approximate surface area is 129 Å². The van der Waals surface area contributed by atoms with Crippen molar-refractivity contribution < 1.29 is 0 Å². The third-order valence-electron chi connectivity index (χ3n) is 4.54. The van der Waals surface area contributed by atoms with Crippen LogP contribution in [0.4, 0.5) is 0 Å². The molecule has 2 rings (SSSR count). The molecule has 21 heavy (non-hydrogen) atoms. The SMILES string of the molecule is CCNC(Cc1cc(C)nn1CC)C1CN(C)CCN1C. The molecule has 1 aromatic rings. The van der Waals surface area contributed by atoms with Crippen LogP contribution >= 0.6 is 0 Å². The molecule has 2 atom stereocenters. The van der Waals surface area contributed by atoms with Crippen LogP contribution in [0.25, 0.3) is 0 Å². The van der Waals surface area contributed by atoms with E-state index >= 15 is 0 Å². The van der Waals surface area contributed by atoms with Crippen molar-refractivity contribution in [3.8, 4) is 0 Å². The normalized spacial score (nSPS) is 22.6. The number of aromatic nitrogens is 2. The van der Waals surface area contributed by atoms with Gasteiger partial charge in [0.25, 0.3) is 0 Å². The summed E-state index contributed by atoms with van der Waals surface area (Å²) in [5, 5.41) is 8.29. The summed E-state index contributed by atoms with van der Waals surface area (Å²) < 4.78 is 2.15. The summed E-state index contributed by atoms with van der Waals surface area (Å²) in [5.41, 5.74) is 2.47. The highest BCUT2D eigenvalue weighted by Crippen LogP contribution is 2.15. The first-order valence-electron chi connectivity index (χ1n) is 8.20. The van der Waals surface area contributed by atoms with Gasteiger partial charge in [-0.2, -0.15) is 5.10 Å². The van der Waals surface area contributed by atoms with Gasteiger partial charge in [0.05, 0.1) is 5.69 Å². The van der Waals surface area contributed by atoms with Crippen LogP contribution in [-0.4, -0.2) is 71.9 Å². The zero-order valence-electron chi connectivity index (χ0n) is 14.3. The van der Waals surface area contributed by atoms with Crippen LogP contribution in [0.15, 0.2) is 6.07 Å². The van der Waals surface area contributed by atoms with Gasteiger partial charge >= 0.3 is 0 Å². The molecule has 1 fully saturated rings. The second kappa shape index (κ2) is 7.38. The minimum atomic E-state index is 0.476. The molecular weight excluding hydrogens is 262 g/mol. The van der Waals surface area contributed by atoms with Crippen LogP contribution in [0.2, 0.25) is 0 Å². The van der Waals surface area contributed by atoms with E-state index in [9.17, 15) is 0 Å². The number of nitrogens with zero attached hydrogens (tertiary/aromatic N) is 4. The quantitative estimate of drug-likeness (QED) is 0.848. The Balaban J connectivity index is 2.14. The van der Waals surface area contributed by atoms with Gasteiger partial charge in [0.2, 0.25) is 0 Å². The molecule has 0 spiro atoms. The maximum atomic E-state index is 4.59. The van der Waals surface area contributed by atoms with E-state index in [-0.39, 0.29) is 0 Å². The van der Waals surface area contributed by atoms with E-state index in [1.807, 2.05) is 0 Å². The van der Waals surface area contributed by atoms with E-state index in [4.69, 9.17) is 0 Å². The second-order valence-electron chi connectivity index (χ2n) is 6.27. The monoisotopic (exact) mass is 293 g/mol. The molecule has 1 aliphatic rings. The lowest BCUT2D eigenvalue weighted by molar-refractivity contribution is 0.0875. The van der Waals surface area contributed by atoms with Crippen molar-refractivity contribution in [3.63, 3.8) is 0 Å². The van der Waals surface area contributed by atoms with Gasteiger partial charge in [-0.15, -0.1) is 0 Å². The van der Waals surface area contributed by atoms with Crippen LogP contribution in [0.3, 0.4) is 0 Å². The molecule has 1 aromatic heterocycles. The minimum Gasteiger partial charge on any atom is -0.312 e. The Morgan fingerprint density at radius 1 is 1.33 bits per heavy atom. The zero-order valence-corrected chi connectivity index (χ0v) is 14.3. The van der Waals surface area contributed by atoms with Crippen LogP contribution < -0.4 is 5.32 Å². The number of hydrogen-bond acceptors (Lipinski definition) is 4. The van der Waals surface area contributed by atoms with Gasteiger partial charge in [-0.1, -0.05) is 6.92 Å². The number of nitrogens with one attached hydrogen (secondary N) is 1. The van der Waals surface area contributed by atoms with Crippen molar-refractivity contribution in [2.45, 2.75) is 45.8 Å². The van der Waals surface area contributed by atoms with E-state index in [0.29, 0.717) is 12.1 Å².